The monoisotopic (exact) mass is 276 g/mol. The molecule has 0 atom stereocenters. The van der Waals surface area contributed by atoms with Gasteiger partial charge in [0.05, 0.1) is 5.60 Å². The molecule has 1 N–H and O–H groups in total. The predicted octanol–water partition coefficient (Wildman–Crippen LogP) is 3.69. The smallest absolute Gasteiger partial charge is 0.0684 e. The number of benzene rings is 1. The van der Waals surface area contributed by atoms with Crippen molar-refractivity contribution in [2.24, 2.45) is 0 Å². The number of piperidine rings is 1. The number of hydrogen-bond donors (Lipinski definition) is 1. The van der Waals surface area contributed by atoms with E-state index in [1.165, 1.54) is 16.9 Å². The van der Waals surface area contributed by atoms with E-state index in [1.807, 2.05) is 21.0 Å². The number of fused-ring (bicyclic) bond motifs is 1. The molecule has 0 spiro atoms. The second kappa shape index (κ2) is 6.49. The second-order valence-corrected chi connectivity index (χ2v) is 5.62. The van der Waals surface area contributed by atoms with Crippen molar-refractivity contribution >= 4 is 11.4 Å². The largest absolute Gasteiger partial charge is 0.384 e. The number of anilines is 2. The van der Waals surface area contributed by atoms with Gasteiger partial charge >= 0.3 is 0 Å². The van der Waals surface area contributed by atoms with E-state index in [0.717, 1.165) is 38.9 Å². The average Bonchev–Trinajstić information content (AvgIpc) is 2.99. The molecule has 0 amide bonds. The lowest BCUT2D eigenvalue weighted by Gasteiger charge is -2.40. The van der Waals surface area contributed by atoms with Crippen LogP contribution in [0.25, 0.3) is 0 Å². The normalized spacial score (nSPS) is 19.7. The van der Waals surface area contributed by atoms with Crippen LogP contribution in [0.4, 0.5) is 11.4 Å². The first-order chi connectivity index (χ1) is 9.72. The summed E-state index contributed by atoms with van der Waals surface area (Å²) in [6, 6.07) is 6.62. The molecular weight excluding hydrogens is 248 g/mol. The molecule has 0 saturated carbocycles. The summed E-state index contributed by atoms with van der Waals surface area (Å²) >= 11 is 0. The third-order valence-corrected chi connectivity index (χ3v) is 4.50. The zero-order valence-electron chi connectivity index (χ0n) is 13.3. The van der Waals surface area contributed by atoms with Crippen LogP contribution in [0.2, 0.25) is 0 Å². The number of rotatable bonds is 2. The van der Waals surface area contributed by atoms with E-state index in [1.54, 1.807) is 0 Å². The van der Waals surface area contributed by atoms with Gasteiger partial charge in [-0.15, -0.1) is 0 Å². The zero-order valence-corrected chi connectivity index (χ0v) is 13.3. The summed E-state index contributed by atoms with van der Waals surface area (Å²) in [5.74, 6) is 0. The second-order valence-electron chi connectivity index (χ2n) is 5.62. The molecule has 0 unspecified atom stereocenters. The topological polar surface area (TPSA) is 24.5 Å². The van der Waals surface area contributed by atoms with E-state index in [4.69, 9.17) is 4.74 Å². The van der Waals surface area contributed by atoms with Crippen molar-refractivity contribution in [2.45, 2.75) is 45.6 Å². The average molecular weight is 276 g/mol. The van der Waals surface area contributed by atoms with Crippen LogP contribution in [-0.2, 0) is 11.2 Å². The maximum absolute atomic E-state index is 5.62. The van der Waals surface area contributed by atoms with Crippen LogP contribution in [0.15, 0.2) is 18.2 Å². The molecule has 2 aliphatic heterocycles. The standard InChI is InChI=1S/C15H22N2O.C2H6/c1-15(18-2)7-10-17(11-8-15)14-5-3-4-13-12(14)6-9-16-13;1-2/h3-5,16H,6-11H2,1-2H3;1-2H3. The summed E-state index contributed by atoms with van der Waals surface area (Å²) in [6.45, 7) is 9.50. The summed E-state index contributed by atoms with van der Waals surface area (Å²) in [4.78, 5) is 2.52. The summed E-state index contributed by atoms with van der Waals surface area (Å²) in [5.41, 5.74) is 4.33. The Labute approximate surface area is 123 Å². The van der Waals surface area contributed by atoms with E-state index >= 15 is 0 Å². The van der Waals surface area contributed by atoms with Crippen LogP contribution < -0.4 is 10.2 Å². The Hall–Kier alpha value is -1.22. The van der Waals surface area contributed by atoms with Crippen LogP contribution in [0.3, 0.4) is 0 Å². The molecule has 2 heterocycles. The Balaban J connectivity index is 0.000000704. The van der Waals surface area contributed by atoms with Gasteiger partial charge in [-0.25, -0.2) is 0 Å². The first-order valence-electron chi connectivity index (χ1n) is 7.88. The zero-order chi connectivity index (χ0) is 14.6. The van der Waals surface area contributed by atoms with Gasteiger partial charge in [0.2, 0.25) is 0 Å². The predicted molar refractivity (Wildman–Crippen MR) is 86.8 cm³/mol. The van der Waals surface area contributed by atoms with Crippen LogP contribution in [0, 0.1) is 0 Å². The molecule has 0 aromatic heterocycles. The summed E-state index contributed by atoms with van der Waals surface area (Å²) in [5, 5.41) is 3.46. The van der Waals surface area contributed by atoms with E-state index in [0.29, 0.717) is 0 Å². The minimum absolute atomic E-state index is 0.0761. The van der Waals surface area contributed by atoms with Gasteiger partial charge in [-0.05, 0) is 38.3 Å². The Morgan fingerprint density at radius 1 is 1.20 bits per heavy atom. The first-order valence-corrected chi connectivity index (χ1v) is 7.88. The lowest BCUT2D eigenvalue weighted by Crippen LogP contribution is -2.44. The molecule has 1 aromatic rings. The summed E-state index contributed by atoms with van der Waals surface area (Å²) < 4.78 is 5.62. The number of methoxy groups -OCH3 is 1. The lowest BCUT2D eigenvalue weighted by molar-refractivity contribution is -0.0132. The number of hydrogen-bond acceptors (Lipinski definition) is 3. The lowest BCUT2D eigenvalue weighted by atomic mass is 9.92. The van der Waals surface area contributed by atoms with Crippen molar-refractivity contribution < 1.29 is 4.74 Å². The number of ether oxygens (including phenoxy) is 1. The summed E-state index contributed by atoms with van der Waals surface area (Å²) in [6.07, 6.45) is 3.38. The van der Waals surface area contributed by atoms with E-state index in [9.17, 15) is 0 Å². The number of nitrogens with one attached hydrogen (secondary N) is 1. The fourth-order valence-corrected chi connectivity index (χ4v) is 3.05. The quantitative estimate of drug-likeness (QED) is 0.891. The fraction of sp³-hybridized carbons (Fsp3) is 0.647. The van der Waals surface area contributed by atoms with Crippen molar-refractivity contribution in [3.8, 4) is 0 Å². The first kappa shape index (κ1) is 15.2. The van der Waals surface area contributed by atoms with Gasteiger partial charge in [-0.1, -0.05) is 19.9 Å². The molecule has 0 radical (unpaired) electrons. The van der Waals surface area contributed by atoms with Gasteiger partial charge in [0.25, 0.3) is 0 Å². The van der Waals surface area contributed by atoms with Crippen molar-refractivity contribution in [1.82, 2.24) is 0 Å². The highest BCUT2D eigenvalue weighted by Gasteiger charge is 2.31. The van der Waals surface area contributed by atoms with E-state index in [-0.39, 0.29) is 5.60 Å². The van der Waals surface area contributed by atoms with Gasteiger partial charge in [0.15, 0.2) is 0 Å². The molecule has 3 nitrogen and oxygen atoms in total. The Kier molecular flexibility index (Phi) is 4.92. The van der Waals surface area contributed by atoms with Gasteiger partial charge < -0.3 is 15.0 Å². The molecule has 3 rings (SSSR count). The minimum atomic E-state index is 0.0761. The molecule has 2 aliphatic rings. The molecule has 0 aliphatic carbocycles. The van der Waals surface area contributed by atoms with Crippen LogP contribution >= 0.6 is 0 Å². The van der Waals surface area contributed by atoms with Gasteiger partial charge in [0.1, 0.15) is 0 Å². The highest BCUT2D eigenvalue weighted by atomic mass is 16.5. The maximum atomic E-state index is 5.62. The van der Waals surface area contributed by atoms with E-state index in [2.05, 4.69) is 35.3 Å². The third kappa shape index (κ3) is 2.93. The van der Waals surface area contributed by atoms with Gasteiger partial charge in [-0.3, -0.25) is 0 Å². The Morgan fingerprint density at radius 2 is 1.90 bits per heavy atom. The maximum Gasteiger partial charge on any atom is 0.0684 e. The fourth-order valence-electron chi connectivity index (χ4n) is 3.05. The number of nitrogens with zero attached hydrogens (tertiary/aromatic N) is 1. The molecule has 1 fully saturated rings. The Bertz CT molecular complexity index is 437. The SMILES string of the molecule is CC.COC1(C)CCN(c2cccc3c2CCN3)CC1. The molecule has 1 saturated heterocycles. The highest BCUT2D eigenvalue weighted by molar-refractivity contribution is 5.69. The minimum Gasteiger partial charge on any atom is -0.384 e. The van der Waals surface area contributed by atoms with Crippen molar-refractivity contribution in [3.05, 3.63) is 23.8 Å². The molecular formula is C17H28N2O. The van der Waals surface area contributed by atoms with Crippen molar-refractivity contribution in [1.29, 1.82) is 0 Å². The van der Waals surface area contributed by atoms with Crippen molar-refractivity contribution in [2.75, 3.05) is 37.0 Å². The Morgan fingerprint density at radius 3 is 2.55 bits per heavy atom. The van der Waals surface area contributed by atoms with Gasteiger partial charge in [-0.2, -0.15) is 0 Å². The van der Waals surface area contributed by atoms with Crippen LogP contribution in [-0.4, -0.2) is 32.3 Å². The van der Waals surface area contributed by atoms with Crippen LogP contribution in [0.5, 0.6) is 0 Å². The van der Waals surface area contributed by atoms with E-state index < -0.39 is 0 Å². The van der Waals surface area contributed by atoms with Crippen molar-refractivity contribution in [3.63, 3.8) is 0 Å². The molecule has 1 aromatic carbocycles. The third-order valence-electron chi connectivity index (χ3n) is 4.50. The molecule has 112 valence electrons. The molecule has 3 heteroatoms. The molecule has 20 heavy (non-hydrogen) atoms. The summed E-state index contributed by atoms with van der Waals surface area (Å²) in [7, 11) is 1.83. The molecule has 0 bridgehead atoms. The van der Waals surface area contributed by atoms with Gasteiger partial charge in [0, 0.05) is 43.7 Å². The highest BCUT2D eigenvalue weighted by Crippen LogP contribution is 2.35. The van der Waals surface area contributed by atoms with Crippen LogP contribution in [0.1, 0.15) is 39.2 Å².